The van der Waals surface area contributed by atoms with E-state index in [1.54, 1.807) is 0 Å². The molecule has 0 amide bonds. The van der Waals surface area contributed by atoms with Crippen LogP contribution in [0.5, 0.6) is 0 Å². The van der Waals surface area contributed by atoms with E-state index in [1.807, 2.05) is 0 Å². The van der Waals surface area contributed by atoms with Crippen LogP contribution in [-0.4, -0.2) is 43.8 Å². The summed E-state index contributed by atoms with van der Waals surface area (Å²) in [6.07, 6.45) is 4.53. The van der Waals surface area contributed by atoms with Gasteiger partial charge < -0.3 is 15.4 Å². The molecule has 0 aromatic heterocycles. The van der Waals surface area contributed by atoms with Crippen LogP contribution in [0.3, 0.4) is 0 Å². The van der Waals surface area contributed by atoms with Crippen molar-refractivity contribution in [3.63, 3.8) is 0 Å². The normalized spacial score (nSPS) is 21.4. The predicted octanol–water partition coefficient (Wildman–Crippen LogP) is 1.23. The van der Waals surface area contributed by atoms with E-state index in [0.717, 1.165) is 39.1 Å². The van der Waals surface area contributed by atoms with Crippen molar-refractivity contribution in [1.29, 1.82) is 0 Å². The third kappa shape index (κ3) is 3.95. The van der Waals surface area contributed by atoms with Crippen LogP contribution < -0.4 is 5.73 Å². The van der Waals surface area contributed by atoms with Crippen molar-refractivity contribution < 1.29 is 4.74 Å². The van der Waals surface area contributed by atoms with Crippen molar-refractivity contribution in [3.8, 4) is 0 Å². The van der Waals surface area contributed by atoms with E-state index >= 15 is 0 Å². The molecule has 0 bridgehead atoms. The third-order valence-electron chi connectivity index (χ3n) is 2.97. The minimum absolute atomic E-state index is 0.000736. The van der Waals surface area contributed by atoms with E-state index < -0.39 is 0 Å². The van der Waals surface area contributed by atoms with Gasteiger partial charge in [0.2, 0.25) is 0 Å². The average Bonchev–Trinajstić information content (AvgIpc) is 2.15. The zero-order chi connectivity index (χ0) is 10.4. The van der Waals surface area contributed by atoms with Crippen LogP contribution in [0.15, 0.2) is 0 Å². The summed E-state index contributed by atoms with van der Waals surface area (Å²) in [5, 5.41) is 0. The summed E-state index contributed by atoms with van der Waals surface area (Å²) in [4.78, 5) is 2.36. The third-order valence-corrected chi connectivity index (χ3v) is 2.97. The first-order valence-electron chi connectivity index (χ1n) is 5.71. The van der Waals surface area contributed by atoms with Gasteiger partial charge in [0.15, 0.2) is 0 Å². The van der Waals surface area contributed by atoms with Crippen molar-refractivity contribution in [2.24, 2.45) is 5.73 Å². The van der Waals surface area contributed by atoms with Crippen molar-refractivity contribution in [2.75, 3.05) is 33.4 Å². The number of hydrogen-bond donors (Lipinski definition) is 1. The molecule has 3 heteroatoms. The SMILES string of the molecule is CCCCN(C)CC1(N)CCOCC1. The number of ether oxygens (including phenoxy) is 1. The first-order chi connectivity index (χ1) is 6.66. The molecule has 0 atom stereocenters. The second-order valence-electron chi connectivity index (χ2n) is 4.57. The zero-order valence-corrected chi connectivity index (χ0v) is 9.59. The molecule has 84 valence electrons. The molecular formula is C11H24N2O. The Morgan fingerprint density at radius 3 is 2.57 bits per heavy atom. The van der Waals surface area contributed by atoms with Crippen LogP contribution in [0.25, 0.3) is 0 Å². The van der Waals surface area contributed by atoms with Gasteiger partial charge >= 0.3 is 0 Å². The number of hydrogen-bond acceptors (Lipinski definition) is 3. The molecule has 0 aromatic carbocycles. The Balaban J connectivity index is 2.25. The number of rotatable bonds is 5. The van der Waals surface area contributed by atoms with Gasteiger partial charge in [-0.1, -0.05) is 13.3 Å². The Morgan fingerprint density at radius 1 is 1.36 bits per heavy atom. The van der Waals surface area contributed by atoms with Gasteiger partial charge in [-0.15, -0.1) is 0 Å². The standard InChI is InChI=1S/C11H24N2O/c1-3-4-7-13(2)10-11(12)5-8-14-9-6-11/h3-10,12H2,1-2H3. The summed E-state index contributed by atoms with van der Waals surface area (Å²) in [5.74, 6) is 0. The summed E-state index contributed by atoms with van der Waals surface area (Å²) in [7, 11) is 2.17. The molecule has 0 aromatic rings. The summed E-state index contributed by atoms with van der Waals surface area (Å²) in [6.45, 7) is 6.06. The summed E-state index contributed by atoms with van der Waals surface area (Å²) >= 11 is 0. The zero-order valence-electron chi connectivity index (χ0n) is 9.59. The van der Waals surface area contributed by atoms with Crippen LogP contribution in [0.4, 0.5) is 0 Å². The first-order valence-corrected chi connectivity index (χ1v) is 5.71. The molecule has 1 heterocycles. The Morgan fingerprint density at radius 2 is 2.00 bits per heavy atom. The second-order valence-corrected chi connectivity index (χ2v) is 4.57. The molecule has 0 aliphatic carbocycles. The van der Waals surface area contributed by atoms with Crippen LogP contribution in [0.2, 0.25) is 0 Å². The van der Waals surface area contributed by atoms with Crippen molar-refractivity contribution in [3.05, 3.63) is 0 Å². The fourth-order valence-electron chi connectivity index (χ4n) is 1.98. The first kappa shape index (κ1) is 12.0. The highest BCUT2D eigenvalue weighted by molar-refractivity contribution is 4.88. The molecule has 3 nitrogen and oxygen atoms in total. The highest BCUT2D eigenvalue weighted by Gasteiger charge is 2.28. The predicted molar refractivity (Wildman–Crippen MR) is 59.4 cm³/mol. The van der Waals surface area contributed by atoms with Gasteiger partial charge in [-0.05, 0) is 32.9 Å². The quantitative estimate of drug-likeness (QED) is 0.725. The fourth-order valence-corrected chi connectivity index (χ4v) is 1.98. The minimum Gasteiger partial charge on any atom is -0.381 e. The van der Waals surface area contributed by atoms with Crippen LogP contribution in [0.1, 0.15) is 32.6 Å². The van der Waals surface area contributed by atoms with Crippen LogP contribution in [-0.2, 0) is 4.74 Å². The van der Waals surface area contributed by atoms with E-state index in [4.69, 9.17) is 10.5 Å². The van der Waals surface area contributed by atoms with Gasteiger partial charge in [-0.3, -0.25) is 0 Å². The highest BCUT2D eigenvalue weighted by atomic mass is 16.5. The lowest BCUT2D eigenvalue weighted by Gasteiger charge is -2.36. The minimum atomic E-state index is 0.000736. The Bertz CT molecular complexity index is 155. The Kier molecular flexibility index (Phi) is 4.85. The van der Waals surface area contributed by atoms with E-state index in [1.165, 1.54) is 12.8 Å². The maximum absolute atomic E-state index is 6.31. The summed E-state index contributed by atoms with van der Waals surface area (Å²) < 4.78 is 5.33. The topological polar surface area (TPSA) is 38.5 Å². The lowest BCUT2D eigenvalue weighted by atomic mass is 9.91. The van der Waals surface area contributed by atoms with Gasteiger partial charge in [-0.2, -0.15) is 0 Å². The molecule has 0 spiro atoms. The summed E-state index contributed by atoms with van der Waals surface area (Å²) in [6, 6.07) is 0. The average molecular weight is 200 g/mol. The van der Waals surface area contributed by atoms with E-state index in [2.05, 4.69) is 18.9 Å². The monoisotopic (exact) mass is 200 g/mol. The van der Waals surface area contributed by atoms with Crippen molar-refractivity contribution in [1.82, 2.24) is 4.90 Å². The Labute approximate surface area is 87.6 Å². The molecule has 0 radical (unpaired) electrons. The van der Waals surface area contributed by atoms with Gasteiger partial charge in [0.25, 0.3) is 0 Å². The summed E-state index contributed by atoms with van der Waals surface area (Å²) in [5.41, 5.74) is 6.31. The molecule has 0 unspecified atom stereocenters. The largest absolute Gasteiger partial charge is 0.381 e. The van der Waals surface area contributed by atoms with Gasteiger partial charge in [0, 0.05) is 25.3 Å². The molecule has 1 fully saturated rings. The molecule has 1 aliphatic rings. The molecule has 1 saturated heterocycles. The smallest absolute Gasteiger partial charge is 0.0484 e. The number of likely N-dealkylation sites (N-methyl/N-ethyl adjacent to an activating group) is 1. The van der Waals surface area contributed by atoms with Crippen molar-refractivity contribution >= 4 is 0 Å². The fraction of sp³-hybridized carbons (Fsp3) is 1.00. The highest BCUT2D eigenvalue weighted by Crippen LogP contribution is 2.18. The molecule has 1 aliphatic heterocycles. The van der Waals surface area contributed by atoms with Crippen LogP contribution in [0, 0.1) is 0 Å². The molecule has 0 saturated carbocycles. The molecule has 14 heavy (non-hydrogen) atoms. The lowest BCUT2D eigenvalue weighted by Crippen LogP contribution is -2.52. The van der Waals surface area contributed by atoms with Crippen LogP contribution >= 0.6 is 0 Å². The van der Waals surface area contributed by atoms with Gasteiger partial charge in [0.1, 0.15) is 0 Å². The molecule has 2 N–H and O–H groups in total. The Hall–Kier alpha value is -0.120. The second kappa shape index (κ2) is 5.69. The van der Waals surface area contributed by atoms with Gasteiger partial charge in [-0.25, -0.2) is 0 Å². The molecule has 1 rings (SSSR count). The number of nitrogens with two attached hydrogens (primary N) is 1. The van der Waals surface area contributed by atoms with E-state index in [9.17, 15) is 0 Å². The molecular weight excluding hydrogens is 176 g/mol. The maximum Gasteiger partial charge on any atom is 0.0484 e. The number of unbranched alkanes of at least 4 members (excludes halogenated alkanes) is 1. The van der Waals surface area contributed by atoms with Crippen molar-refractivity contribution in [2.45, 2.75) is 38.1 Å². The lowest BCUT2D eigenvalue weighted by molar-refractivity contribution is 0.0410. The van der Waals surface area contributed by atoms with E-state index in [0.29, 0.717) is 0 Å². The van der Waals surface area contributed by atoms with E-state index in [-0.39, 0.29) is 5.54 Å². The van der Waals surface area contributed by atoms with Gasteiger partial charge in [0.05, 0.1) is 0 Å². The number of nitrogens with zero attached hydrogens (tertiary/aromatic N) is 1. The maximum atomic E-state index is 6.31.